The summed E-state index contributed by atoms with van der Waals surface area (Å²) in [6.45, 7) is 1.86. The van der Waals surface area contributed by atoms with E-state index >= 15 is 0 Å². The lowest BCUT2D eigenvalue weighted by molar-refractivity contribution is 0.891. The summed E-state index contributed by atoms with van der Waals surface area (Å²) in [6.07, 6.45) is 1.80. The van der Waals surface area contributed by atoms with Crippen molar-refractivity contribution in [1.82, 2.24) is 19.1 Å². The minimum atomic E-state index is 0.718. The normalized spacial score (nSPS) is 11.1. The van der Waals surface area contributed by atoms with Crippen molar-refractivity contribution in [1.29, 1.82) is 0 Å². The van der Waals surface area contributed by atoms with Crippen molar-refractivity contribution < 1.29 is 0 Å². The van der Waals surface area contributed by atoms with Crippen LogP contribution in [0, 0.1) is 6.92 Å². The minimum Gasteiger partial charge on any atom is -0.399 e. The largest absolute Gasteiger partial charge is 0.399 e. The lowest BCUT2D eigenvalue weighted by Crippen LogP contribution is -1.95. The Labute approximate surface area is 95.7 Å². The summed E-state index contributed by atoms with van der Waals surface area (Å²) >= 11 is 1.33. The number of rotatable bonds is 1. The van der Waals surface area contributed by atoms with Crippen molar-refractivity contribution in [2.45, 2.75) is 6.92 Å². The van der Waals surface area contributed by atoms with Gasteiger partial charge in [0.25, 0.3) is 0 Å². The van der Waals surface area contributed by atoms with E-state index in [4.69, 9.17) is 5.73 Å². The van der Waals surface area contributed by atoms with E-state index in [-0.39, 0.29) is 0 Å². The zero-order chi connectivity index (χ0) is 11.1. The van der Waals surface area contributed by atoms with Crippen LogP contribution in [0.15, 0.2) is 24.4 Å². The predicted octanol–water partition coefficient (Wildman–Crippen LogP) is 1.77. The van der Waals surface area contributed by atoms with E-state index in [0.29, 0.717) is 0 Å². The summed E-state index contributed by atoms with van der Waals surface area (Å²) in [4.78, 5) is 4.30. The fraction of sp³-hybridized carbons (Fsp3) is 0.100. The first-order chi connectivity index (χ1) is 7.74. The molecule has 3 rings (SSSR count). The second-order valence-electron chi connectivity index (χ2n) is 3.50. The number of hydrogen-bond donors (Lipinski definition) is 1. The van der Waals surface area contributed by atoms with E-state index in [1.54, 1.807) is 10.9 Å². The average molecular weight is 231 g/mol. The Bertz CT molecular complexity index is 654. The molecule has 0 aliphatic carbocycles. The molecule has 0 saturated heterocycles. The topological polar surface area (TPSA) is 69.6 Å². The molecule has 2 aromatic heterocycles. The van der Waals surface area contributed by atoms with Gasteiger partial charge in [-0.3, -0.25) is 0 Å². The number of nitrogen functional groups attached to an aromatic ring is 1. The van der Waals surface area contributed by atoms with Crippen molar-refractivity contribution in [2.75, 3.05) is 5.73 Å². The first-order valence-corrected chi connectivity index (χ1v) is 5.55. The number of nitrogens with two attached hydrogens (primary N) is 1. The molecule has 0 aliphatic heterocycles. The Kier molecular flexibility index (Phi) is 1.90. The van der Waals surface area contributed by atoms with E-state index in [1.165, 1.54) is 11.5 Å². The number of aryl methyl sites for hydroxylation is 1. The minimum absolute atomic E-state index is 0.718. The Hall–Kier alpha value is -1.95. The molecule has 5 nitrogen and oxygen atoms in total. The van der Waals surface area contributed by atoms with E-state index in [2.05, 4.69) is 14.5 Å². The van der Waals surface area contributed by atoms with Crippen LogP contribution >= 0.6 is 11.5 Å². The second-order valence-corrected chi connectivity index (χ2v) is 4.23. The number of nitrogens with zero attached hydrogens (tertiary/aromatic N) is 4. The quantitative estimate of drug-likeness (QED) is 0.648. The molecular weight excluding hydrogens is 222 g/mol. The highest BCUT2D eigenvalue weighted by atomic mass is 32.1. The van der Waals surface area contributed by atoms with Gasteiger partial charge >= 0.3 is 0 Å². The molecule has 0 saturated carbocycles. The number of anilines is 1. The Balaban J connectivity index is 2.27. The van der Waals surface area contributed by atoms with E-state index in [1.807, 2.05) is 25.1 Å². The van der Waals surface area contributed by atoms with Gasteiger partial charge in [-0.1, -0.05) is 0 Å². The molecule has 0 unspecified atom stereocenters. The molecular formula is C10H9N5S. The lowest BCUT2D eigenvalue weighted by Gasteiger charge is -1.98. The third-order valence-electron chi connectivity index (χ3n) is 2.29. The lowest BCUT2D eigenvalue weighted by atomic mass is 10.2. The summed E-state index contributed by atoms with van der Waals surface area (Å²) in [5.74, 6) is 0.757. The standard InChI is InChI=1S/C10H9N5S/c1-6-13-10(16-14-6)15-9-4-8(11)3-2-7(9)5-12-15/h2-5H,11H2,1H3. The third-order valence-corrected chi connectivity index (χ3v) is 3.08. The molecule has 3 aromatic rings. The summed E-state index contributed by atoms with van der Waals surface area (Å²) in [7, 11) is 0. The Morgan fingerprint density at radius 2 is 2.25 bits per heavy atom. The van der Waals surface area contributed by atoms with Crippen molar-refractivity contribution in [3.8, 4) is 5.13 Å². The molecule has 0 fully saturated rings. The fourth-order valence-corrected chi connectivity index (χ4v) is 2.21. The first-order valence-electron chi connectivity index (χ1n) is 4.78. The molecule has 0 radical (unpaired) electrons. The van der Waals surface area contributed by atoms with Gasteiger partial charge in [-0.2, -0.15) is 9.47 Å². The van der Waals surface area contributed by atoms with Crippen molar-refractivity contribution in [3.63, 3.8) is 0 Å². The zero-order valence-electron chi connectivity index (χ0n) is 8.58. The fourth-order valence-electron chi connectivity index (χ4n) is 1.56. The highest BCUT2D eigenvalue weighted by molar-refractivity contribution is 7.08. The number of aromatic nitrogens is 4. The molecule has 0 aliphatic rings. The SMILES string of the molecule is Cc1nsc(-n2ncc3ccc(N)cc32)n1. The van der Waals surface area contributed by atoms with Gasteiger partial charge in [-0.15, -0.1) is 0 Å². The summed E-state index contributed by atoms with van der Waals surface area (Å²) in [5.41, 5.74) is 7.43. The summed E-state index contributed by atoms with van der Waals surface area (Å²) < 4.78 is 5.90. The Morgan fingerprint density at radius 1 is 1.38 bits per heavy atom. The third kappa shape index (κ3) is 1.35. The molecule has 16 heavy (non-hydrogen) atoms. The molecule has 0 atom stereocenters. The van der Waals surface area contributed by atoms with E-state index in [0.717, 1.165) is 27.5 Å². The van der Waals surface area contributed by atoms with Crippen LogP contribution in [-0.4, -0.2) is 19.1 Å². The first kappa shape index (κ1) is 9.29. The van der Waals surface area contributed by atoms with Gasteiger partial charge < -0.3 is 5.73 Å². The van der Waals surface area contributed by atoms with Crippen molar-refractivity contribution in [2.24, 2.45) is 0 Å². The van der Waals surface area contributed by atoms with Gasteiger partial charge in [-0.05, 0) is 25.1 Å². The van der Waals surface area contributed by atoms with Crippen LogP contribution in [0.1, 0.15) is 5.82 Å². The molecule has 0 bridgehead atoms. The molecule has 0 spiro atoms. The zero-order valence-corrected chi connectivity index (χ0v) is 9.40. The van der Waals surface area contributed by atoms with Gasteiger partial charge in [0, 0.05) is 22.6 Å². The predicted molar refractivity (Wildman–Crippen MR) is 63.7 cm³/mol. The maximum Gasteiger partial charge on any atom is 0.230 e. The van der Waals surface area contributed by atoms with Gasteiger partial charge in [0.05, 0.1) is 11.7 Å². The summed E-state index contributed by atoms with van der Waals surface area (Å²) in [5, 5.41) is 6.09. The van der Waals surface area contributed by atoms with Crippen LogP contribution in [0.3, 0.4) is 0 Å². The van der Waals surface area contributed by atoms with Crippen LogP contribution in [0.2, 0.25) is 0 Å². The highest BCUT2D eigenvalue weighted by Gasteiger charge is 2.08. The van der Waals surface area contributed by atoms with Crippen LogP contribution < -0.4 is 5.73 Å². The van der Waals surface area contributed by atoms with Crippen LogP contribution in [0.25, 0.3) is 16.0 Å². The maximum atomic E-state index is 5.76. The number of fused-ring (bicyclic) bond motifs is 1. The van der Waals surface area contributed by atoms with Gasteiger partial charge in [0.15, 0.2) is 0 Å². The van der Waals surface area contributed by atoms with Gasteiger partial charge in [0.2, 0.25) is 5.13 Å². The molecule has 2 heterocycles. The van der Waals surface area contributed by atoms with E-state index in [9.17, 15) is 0 Å². The van der Waals surface area contributed by atoms with Gasteiger partial charge in [-0.25, -0.2) is 9.67 Å². The number of hydrogen-bond acceptors (Lipinski definition) is 5. The maximum absolute atomic E-state index is 5.76. The molecule has 0 amide bonds. The highest BCUT2D eigenvalue weighted by Crippen LogP contribution is 2.21. The van der Waals surface area contributed by atoms with Crippen LogP contribution in [0.4, 0.5) is 5.69 Å². The van der Waals surface area contributed by atoms with E-state index < -0.39 is 0 Å². The second kappa shape index (κ2) is 3.28. The molecule has 1 aromatic carbocycles. The van der Waals surface area contributed by atoms with Crippen LogP contribution in [-0.2, 0) is 0 Å². The van der Waals surface area contributed by atoms with Gasteiger partial charge in [0.1, 0.15) is 5.82 Å². The smallest absolute Gasteiger partial charge is 0.230 e. The average Bonchev–Trinajstić information content (AvgIpc) is 2.83. The number of benzene rings is 1. The Morgan fingerprint density at radius 3 is 3.00 bits per heavy atom. The molecule has 2 N–H and O–H groups in total. The van der Waals surface area contributed by atoms with Crippen molar-refractivity contribution >= 4 is 28.1 Å². The molecule has 80 valence electrons. The van der Waals surface area contributed by atoms with Crippen molar-refractivity contribution in [3.05, 3.63) is 30.2 Å². The monoisotopic (exact) mass is 231 g/mol. The summed E-state index contributed by atoms with van der Waals surface area (Å²) in [6, 6.07) is 5.70. The van der Waals surface area contributed by atoms with Crippen LogP contribution in [0.5, 0.6) is 0 Å². The molecule has 6 heteroatoms.